The zero-order valence-corrected chi connectivity index (χ0v) is 13.5. The first-order chi connectivity index (χ1) is 10.2. The molecule has 0 saturated carbocycles. The molecule has 118 valence electrons. The first kappa shape index (κ1) is 16.7. The lowest BCUT2D eigenvalue weighted by Crippen LogP contribution is -2.02. The Morgan fingerprint density at radius 2 is 1.77 bits per heavy atom. The maximum atomic E-state index is 13.4. The minimum Gasteiger partial charge on any atom is -0.480 e. The highest BCUT2D eigenvalue weighted by Gasteiger charge is 2.18. The largest absolute Gasteiger partial charge is 0.480 e. The minimum atomic E-state index is -4.27. The van der Waals surface area contributed by atoms with Crippen LogP contribution in [0.3, 0.4) is 0 Å². The van der Waals surface area contributed by atoms with Crippen LogP contribution in [-0.2, 0) is 4.57 Å². The van der Waals surface area contributed by atoms with Crippen LogP contribution in [0.15, 0.2) is 30.3 Å². The summed E-state index contributed by atoms with van der Waals surface area (Å²) in [7, 11) is -4.27. The van der Waals surface area contributed by atoms with Crippen molar-refractivity contribution in [2.45, 2.75) is 20.8 Å². The zero-order valence-electron chi connectivity index (χ0n) is 12.6. The molecule has 2 N–H and O–H groups in total. The fraction of sp³-hybridized carbons (Fsp3) is 0.250. The number of rotatable bonds is 4. The van der Waals surface area contributed by atoms with Gasteiger partial charge in [-0.25, -0.2) is 4.39 Å². The van der Waals surface area contributed by atoms with E-state index in [9.17, 15) is 8.96 Å². The summed E-state index contributed by atoms with van der Waals surface area (Å²) >= 11 is 0. The van der Waals surface area contributed by atoms with Crippen LogP contribution in [-0.4, -0.2) is 16.1 Å². The second kappa shape index (κ2) is 6.21. The van der Waals surface area contributed by atoms with Crippen molar-refractivity contribution in [2.75, 3.05) is 6.35 Å². The molecule has 4 nitrogen and oxygen atoms in total. The van der Waals surface area contributed by atoms with Crippen molar-refractivity contribution in [3.63, 3.8) is 0 Å². The average molecular weight is 324 g/mol. The molecule has 22 heavy (non-hydrogen) atoms. The van der Waals surface area contributed by atoms with Crippen LogP contribution < -0.4 is 4.74 Å². The Balaban J connectivity index is 2.53. The van der Waals surface area contributed by atoms with Crippen LogP contribution in [0, 0.1) is 26.6 Å². The third-order valence-corrected chi connectivity index (χ3v) is 3.73. The molecule has 0 amide bonds. The van der Waals surface area contributed by atoms with Crippen LogP contribution in [0.4, 0.5) is 4.39 Å². The molecular formula is C16H18FO4P. The predicted octanol–water partition coefficient (Wildman–Crippen LogP) is 3.93. The number of hydrogen-bond donors (Lipinski definition) is 2. The van der Waals surface area contributed by atoms with Crippen molar-refractivity contribution < 1.29 is 23.5 Å². The SMILES string of the molecule is Cc1cc(C)c(OCP(=O)(O)O)c(-c2ccc(F)c(C)c2)c1. The molecule has 6 heteroatoms. The van der Waals surface area contributed by atoms with Gasteiger partial charge in [0.15, 0.2) is 6.35 Å². The maximum Gasteiger partial charge on any atom is 0.362 e. The molecule has 0 heterocycles. The highest BCUT2D eigenvalue weighted by atomic mass is 31.2. The molecule has 2 aromatic carbocycles. The molecule has 0 bridgehead atoms. The van der Waals surface area contributed by atoms with Gasteiger partial charge in [0.25, 0.3) is 0 Å². The number of benzene rings is 2. The van der Waals surface area contributed by atoms with E-state index < -0.39 is 13.9 Å². The first-order valence-electron chi connectivity index (χ1n) is 6.72. The second-order valence-corrected chi connectivity index (χ2v) is 6.95. The molecule has 0 radical (unpaired) electrons. The van der Waals surface area contributed by atoms with Crippen molar-refractivity contribution in [1.29, 1.82) is 0 Å². The Morgan fingerprint density at radius 3 is 2.36 bits per heavy atom. The predicted molar refractivity (Wildman–Crippen MR) is 83.6 cm³/mol. The summed E-state index contributed by atoms with van der Waals surface area (Å²) in [5.41, 5.74) is 3.68. The van der Waals surface area contributed by atoms with Gasteiger partial charge in [0.1, 0.15) is 11.6 Å². The molecule has 0 atom stereocenters. The smallest absolute Gasteiger partial charge is 0.362 e. The molecule has 2 rings (SSSR count). The number of ether oxygens (including phenoxy) is 1. The maximum absolute atomic E-state index is 13.4. The Labute approximate surface area is 128 Å². The van der Waals surface area contributed by atoms with Gasteiger partial charge in [-0.1, -0.05) is 12.1 Å². The Bertz CT molecular complexity index is 752. The molecule has 0 spiro atoms. The van der Waals surface area contributed by atoms with Crippen LogP contribution in [0.5, 0.6) is 5.75 Å². The van der Waals surface area contributed by atoms with Gasteiger partial charge in [-0.15, -0.1) is 0 Å². The van der Waals surface area contributed by atoms with E-state index in [1.807, 2.05) is 26.0 Å². The molecule has 0 aromatic heterocycles. The normalized spacial score (nSPS) is 11.5. The van der Waals surface area contributed by atoms with Crippen LogP contribution in [0.1, 0.15) is 16.7 Å². The van der Waals surface area contributed by atoms with Gasteiger partial charge < -0.3 is 14.5 Å². The van der Waals surface area contributed by atoms with Gasteiger partial charge in [0.05, 0.1) is 0 Å². The number of aryl methyl sites for hydroxylation is 3. The lowest BCUT2D eigenvalue weighted by molar-refractivity contribution is 0.300. The summed E-state index contributed by atoms with van der Waals surface area (Å²) in [5.74, 6) is 0.103. The minimum absolute atomic E-state index is 0.300. The van der Waals surface area contributed by atoms with Crippen LogP contribution in [0.2, 0.25) is 0 Å². The topological polar surface area (TPSA) is 66.8 Å². The molecular weight excluding hydrogens is 306 g/mol. The second-order valence-electron chi connectivity index (χ2n) is 5.36. The van der Waals surface area contributed by atoms with Gasteiger partial charge in [-0.05, 0) is 61.2 Å². The summed E-state index contributed by atoms with van der Waals surface area (Å²) in [4.78, 5) is 18.0. The highest BCUT2D eigenvalue weighted by Crippen LogP contribution is 2.39. The molecule has 0 aliphatic heterocycles. The van der Waals surface area contributed by atoms with Gasteiger partial charge in [0.2, 0.25) is 0 Å². The van der Waals surface area contributed by atoms with Crippen molar-refractivity contribution in [2.24, 2.45) is 0 Å². The molecule has 2 aromatic rings. The summed E-state index contributed by atoms with van der Waals surface area (Å²) in [6.45, 7) is 5.39. The van der Waals surface area contributed by atoms with E-state index in [0.717, 1.165) is 16.7 Å². The molecule has 0 fully saturated rings. The Hall–Kier alpha value is -1.68. The van der Waals surface area contributed by atoms with Crippen molar-refractivity contribution in [1.82, 2.24) is 0 Å². The van der Waals surface area contributed by atoms with Crippen molar-refractivity contribution >= 4 is 7.60 Å². The summed E-state index contributed by atoms with van der Waals surface area (Å²) < 4.78 is 29.8. The van der Waals surface area contributed by atoms with Crippen molar-refractivity contribution in [3.05, 3.63) is 52.8 Å². The van der Waals surface area contributed by atoms with E-state index in [4.69, 9.17) is 14.5 Å². The fourth-order valence-corrected chi connectivity index (χ4v) is 2.62. The first-order valence-corrected chi connectivity index (χ1v) is 8.52. The van der Waals surface area contributed by atoms with E-state index in [-0.39, 0.29) is 5.82 Å². The third-order valence-electron chi connectivity index (χ3n) is 3.26. The fourth-order valence-electron chi connectivity index (χ4n) is 2.32. The third kappa shape index (κ3) is 3.95. The average Bonchev–Trinajstić information content (AvgIpc) is 2.39. The van der Waals surface area contributed by atoms with E-state index >= 15 is 0 Å². The number of halogens is 1. The molecule has 0 saturated heterocycles. The molecule has 0 aliphatic carbocycles. The van der Waals surface area contributed by atoms with E-state index in [0.29, 0.717) is 16.9 Å². The quantitative estimate of drug-likeness (QED) is 0.836. The zero-order chi connectivity index (χ0) is 16.5. The Morgan fingerprint density at radius 1 is 1.09 bits per heavy atom. The van der Waals surface area contributed by atoms with E-state index in [1.54, 1.807) is 19.1 Å². The lowest BCUT2D eigenvalue weighted by Gasteiger charge is -2.16. The highest BCUT2D eigenvalue weighted by molar-refractivity contribution is 7.51. The van der Waals surface area contributed by atoms with Crippen LogP contribution in [0.25, 0.3) is 11.1 Å². The summed E-state index contributed by atoms with van der Waals surface area (Å²) in [5, 5.41) is 0. The van der Waals surface area contributed by atoms with E-state index in [2.05, 4.69) is 0 Å². The van der Waals surface area contributed by atoms with Gasteiger partial charge in [-0.2, -0.15) is 0 Å². The van der Waals surface area contributed by atoms with Crippen LogP contribution >= 0.6 is 7.60 Å². The molecule has 0 aliphatic rings. The van der Waals surface area contributed by atoms with Gasteiger partial charge in [0, 0.05) is 5.56 Å². The Kier molecular flexibility index (Phi) is 4.71. The van der Waals surface area contributed by atoms with Gasteiger partial charge >= 0.3 is 7.60 Å². The summed E-state index contributed by atoms with van der Waals surface area (Å²) in [6.07, 6.45) is -0.690. The monoisotopic (exact) mass is 324 g/mol. The van der Waals surface area contributed by atoms with Gasteiger partial charge in [-0.3, -0.25) is 4.57 Å². The van der Waals surface area contributed by atoms with Crippen molar-refractivity contribution in [3.8, 4) is 16.9 Å². The number of hydrogen-bond acceptors (Lipinski definition) is 2. The lowest BCUT2D eigenvalue weighted by atomic mass is 9.98. The standard InChI is InChI=1S/C16H18FO4P/c1-10-6-12(3)16(21-9-22(18,19)20)14(7-10)13-4-5-15(17)11(2)8-13/h4-8H,9H2,1-3H3,(H2,18,19,20). The summed E-state index contributed by atoms with van der Waals surface area (Å²) in [6, 6.07) is 8.41. The van der Waals surface area contributed by atoms with E-state index in [1.165, 1.54) is 6.07 Å². The molecule has 0 unspecified atom stereocenters.